The number of fused-ring (bicyclic) bond motifs is 2. The van der Waals surface area contributed by atoms with Crippen LogP contribution in [-0.2, 0) is 22.4 Å². The lowest BCUT2D eigenvalue weighted by Crippen LogP contribution is -2.45. The second-order valence-electron chi connectivity index (χ2n) is 5.13. The fourth-order valence-corrected chi connectivity index (χ4v) is 3.33. The van der Waals surface area contributed by atoms with E-state index in [1.165, 1.54) is 18.2 Å². The van der Waals surface area contributed by atoms with E-state index in [4.69, 9.17) is 4.74 Å². The van der Waals surface area contributed by atoms with Gasteiger partial charge >= 0.3 is 5.97 Å². The smallest absolute Gasteiger partial charge is 0.313 e. The molecule has 3 heteroatoms. The third-order valence-corrected chi connectivity index (χ3v) is 4.30. The van der Waals surface area contributed by atoms with Gasteiger partial charge in [-0.25, -0.2) is 0 Å². The Morgan fingerprint density at radius 1 is 1.41 bits per heavy atom. The molecule has 2 aliphatic rings. The predicted molar refractivity (Wildman–Crippen MR) is 64.7 cm³/mol. The normalized spacial score (nSPS) is 30.5. The van der Waals surface area contributed by atoms with Gasteiger partial charge in [0, 0.05) is 6.54 Å². The minimum Gasteiger partial charge on any atom is -0.469 e. The van der Waals surface area contributed by atoms with Gasteiger partial charge in [0.2, 0.25) is 0 Å². The highest BCUT2D eigenvalue weighted by Crippen LogP contribution is 2.43. The summed E-state index contributed by atoms with van der Waals surface area (Å²) >= 11 is 0. The van der Waals surface area contributed by atoms with Crippen LogP contribution in [0.3, 0.4) is 0 Å². The lowest BCUT2D eigenvalue weighted by molar-refractivity contribution is -0.154. The molecule has 90 valence electrons. The first-order valence-corrected chi connectivity index (χ1v) is 6.12. The predicted octanol–water partition coefficient (Wildman–Crippen LogP) is 1.16. The number of rotatable bonds is 1. The van der Waals surface area contributed by atoms with Crippen molar-refractivity contribution in [1.29, 1.82) is 0 Å². The van der Waals surface area contributed by atoms with Crippen molar-refractivity contribution in [3.05, 3.63) is 35.4 Å². The summed E-state index contributed by atoms with van der Waals surface area (Å²) in [5.41, 5.74) is 2.36. The molecule has 1 aromatic carbocycles. The SMILES string of the molecule is COC(=O)C12CNCC1Cc1ccccc1C2. The topological polar surface area (TPSA) is 38.3 Å². The number of carbonyl (C=O) groups excluding carboxylic acids is 1. The van der Waals surface area contributed by atoms with Crippen LogP contribution >= 0.6 is 0 Å². The van der Waals surface area contributed by atoms with Crippen LogP contribution in [0.4, 0.5) is 0 Å². The summed E-state index contributed by atoms with van der Waals surface area (Å²) in [6.45, 7) is 1.67. The Balaban J connectivity index is 2.02. The van der Waals surface area contributed by atoms with Crippen LogP contribution in [0.2, 0.25) is 0 Å². The Labute approximate surface area is 101 Å². The molecule has 0 saturated carbocycles. The van der Waals surface area contributed by atoms with Crippen molar-refractivity contribution >= 4 is 5.97 Å². The molecule has 17 heavy (non-hydrogen) atoms. The number of carbonyl (C=O) groups is 1. The van der Waals surface area contributed by atoms with Gasteiger partial charge in [0.25, 0.3) is 0 Å². The van der Waals surface area contributed by atoms with E-state index >= 15 is 0 Å². The Morgan fingerprint density at radius 3 is 2.94 bits per heavy atom. The zero-order chi connectivity index (χ0) is 11.9. The van der Waals surface area contributed by atoms with Crippen molar-refractivity contribution in [1.82, 2.24) is 5.32 Å². The highest BCUT2D eigenvalue weighted by molar-refractivity contribution is 5.79. The lowest BCUT2D eigenvalue weighted by atomic mass is 9.66. The number of hydrogen-bond donors (Lipinski definition) is 1. The van der Waals surface area contributed by atoms with E-state index in [9.17, 15) is 4.79 Å². The molecule has 0 spiro atoms. The van der Waals surface area contributed by atoms with Gasteiger partial charge < -0.3 is 10.1 Å². The first-order chi connectivity index (χ1) is 8.26. The van der Waals surface area contributed by atoms with Gasteiger partial charge in [-0.15, -0.1) is 0 Å². The van der Waals surface area contributed by atoms with E-state index in [0.717, 1.165) is 25.9 Å². The number of methoxy groups -OCH3 is 1. The van der Waals surface area contributed by atoms with Crippen LogP contribution in [0.1, 0.15) is 11.1 Å². The third-order valence-electron chi connectivity index (χ3n) is 4.30. The quantitative estimate of drug-likeness (QED) is 0.737. The molecule has 0 amide bonds. The number of hydrogen-bond acceptors (Lipinski definition) is 3. The van der Waals surface area contributed by atoms with Gasteiger partial charge in [0.1, 0.15) is 0 Å². The molecule has 1 fully saturated rings. The van der Waals surface area contributed by atoms with Crippen LogP contribution in [0.25, 0.3) is 0 Å². The van der Waals surface area contributed by atoms with Crippen LogP contribution in [0.15, 0.2) is 24.3 Å². The average molecular weight is 231 g/mol. The van der Waals surface area contributed by atoms with Gasteiger partial charge in [-0.3, -0.25) is 4.79 Å². The molecular formula is C14H17NO2. The third kappa shape index (κ3) is 1.49. The molecule has 1 heterocycles. The Hall–Kier alpha value is -1.35. The van der Waals surface area contributed by atoms with Gasteiger partial charge in [-0.2, -0.15) is 0 Å². The number of esters is 1. The van der Waals surface area contributed by atoms with Crippen molar-refractivity contribution < 1.29 is 9.53 Å². The largest absolute Gasteiger partial charge is 0.469 e. The van der Waals surface area contributed by atoms with E-state index in [-0.39, 0.29) is 11.4 Å². The Kier molecular flexibility index (Phi) is 2.44. The van der Waals surface area contributed by atoms with E-state index in [2.05, 4.69) is 23.5 Å². The summed E-state index contributed by atoms with van der Waals surface area (Å²) in [5, 5.41) is 3.35. The molecule has 1 N–H and O–H groups in total. The fraction of sp³-hybridized carbons (Fsp3) is 0.500. The van der Waals surface area contributed by atoms with Crippen LogP contribution in [0, 0.1) is 11.3 Å². The summed E-state index contributed by atoms with van der Waals surface area (Å²) in [4.78, 5) is 12.1. The first-order valence-electron chi connectivity index (χ1n) is 6.12. The van der Waals surface area contributed by atoms with E-state index < -0.39 is 0 Å². The van der Waals surface area contributed by atoms with Crippen molar-refractivity contribution in [3.63, 3.8) is 0 Å². The Morgan fingerprint density at radius 2 is 2.18 bits per heavy atom. The zero-order valence-electron chi connectivity index (χ0n) is 10.0. The van der Waals surface area contributed by atoms with Crippen LogP contribution in [-0.4, -0.2) is 26.2 Å². The maximum absolute atomic E-state index is 12.1. The lowest BCUT2D eigenvalue weighted by Gasteiger charge is -2.37. The highest BCUT2D eigenvalue weighted by Gasteiger charge is 2.52. The molecule has 0 radical (unpaired) electrons. The van der Waals surface area contributed by atoms with Gasteiger partial charge in [-0.05, 0) is 36.4 Å². The first kappa shape index (κ1) is 10.8. The molecule has 1 aromatic rings. The number of nitrogens with one attached hydrogen (secondary N) is 1. The second-order valence-corrected chi connectivity index (χ2v) is 5.13. The monoisotopic (exact) mass is 231 g/mol. The van der Waals surface area contributed by atoms with Crippen LogP contribution < -0.4 is 5.32 Å². The molecule has 3 nitrogen and oxygen atoms in total. The second kappa shape index (κ2) is 3.84. The minimum atomic E-state index is -0.330. The maximum atomic E-state index is 12.1. The number of benzene rings is 1. The van der Waals surface area contributed by atoms with Gasteiger partial charge in [0.05, 0.1) is 12.5 Å². The molecular weight excluding hydrogens is 214 g/mol. The van der Waals surface area contributed by atoms with E-state index in [1.54, 1.807) is 0 Å². The Bertz CT molecular complexity index is 457. The van der Waals surface area contributed by atoms with Crippen molar-refractivity contribution in [3.8, 4) is 0 Å². The number of ether oxygens (including phenoxy) is 1. The van der Waals surface area contributed by atoms with Crippen LogP contribution in [0.5, 0.6) is 0 Å². The van der Waals surface area contributed by atoms with Crippen molar-refractivity contribution in [2.45, 2.75) is 12.8 Å². The molecule has 1 aliphatic carbocycles. The van der Waals surface area contributed by atoms with E-state index in [0.29, 0.717) is 5.92 Å². The van der Waals surface area contributed by atoms with Gasteiger partial charge in [-0.1, -0.05) is 24.3 Å². The van der Waals surface area contributed by atoms with Gasteiger partial charge in [0.15, 0.2) is 0 Å². The van der Waals surface area contributed by atoms with Crippen molar-refractivity contribution in [2.24, 2.45) is 11.3 Å². The summed E-state index contributed by atoms with van der Waals surface area (Å²) in [6.07, 6.45) is 1.80. The molecule has 2 atom stereocenters. The highest BCUT2D eigenvalue weighted by atomic mass is 16.5. The minimum absolute atomic E-state index is 0.0537. The standard InChI is InChI=1S/C14H17NO2/c1-17-13(16)14-7-11-5-3-2-4-10(11)6-12(14)8-15-9-14/h2-5,12,15H,6-9H2,1H3. The summed E-state index contributed by atoms with van der Waals surface area (Å²) in [7, 11) is 1.49. The molecule has 1 saturated heterocycles. The summed E-state index contributed by atoms with van der Waals surface area (Å²) in [5.74, 6) is 0.326. The molecule has 0 aromatic heterocycles. The zero-order valence-corrected chi connectivity index (χ0v) is 10.0. The molecule has 1 aliphatic heterocycles. The molecule has 2 unspecified atom stereocenters. The average Bonchev–Trinajstić information content (AvgIpc) is 2.78. The summed E-state index contributed by atoms with van der Waals surface area (Å²) < 4.78 is 5.03. The fourth-order valence-electron chi connectivity index (χ4n) is 3.33. The summed E-state index contributed by atoms with van der Waals surface area (Å²) in [6, 6.07) is 8.43. The molecule has 3 rings (SSSR count). The van der Waals surface area contributed by atoms with Crippen molar-refractivity contribution in [2.75, 3.05) is 20.2 Å². The maximum Gasteiger partial charge on any atom is 0.313 e. The van der Waals surface area contributed by atoms with E-state index in [1.807, 2.05) is 6.07 Å². The molecule has 0 bridgehead atoms.